The first-order valence-electron chi connectivity index (χ1n) is 26.2. The number of esters is 1. The second-order valence-corrected chi connectivity index (χ2v) is 17.7. The zero-order valence-corrected chi connectivity index (χ0v) is 40.7. The van der Waals surface area contributed by atoms with E-state index in [9.17, 15) is 19.8 Å². The SMILES string of the molecule is CC/C=C/C=C/C=C\C=C/C=C/CCCCCC(=O)OC(CCCCCCCCC/C=C/CCCCCCCC)CC(=O)NC(CO)C(O)CCCCCCCCCCCCC. The number of aliphatic hydroxyl groups excluding tert-OH is 2. The molecular weight excluding hydrogens is 767 g/mol. The second kappa shape index (κ2) is 49.3. The highest BCUT2D eigenvalue weighted by Gasteiger charge is 2.24. The number of allylic oxidation sites excluding steroid dienone is 12. The van der Waals surface area contributed by atoms with E-state index in [1.165, 1.54) is 128 Å². The Labute approximate surface area is 383 Å². The summed E-state index contributed by atoms with van der Waals surface area (Å²) in [4.78, 5) is 26.2. The van der Waals surface area contributed by atoms with Gasteiger partial charge < -0.3 is 20.3 Å². The van der Waals surface area contributed by atoms with Gasteiger partial charge in [0.25, 0.3) is 0 Å². The number of unbranched alkanes of at least 4 members (excludes halogenated alkanes) is 26. The zero-order chi connectivity index (χ0) is 45.2. The summed E-state index contributed by atoms with van der Waals surface area (Å²) in [6.07, 6.45) is 62.4. The van der Waals surface area contributed by atoms with Crippen LogP contribution in [-0.2, 0) is 14.3 Å². The predicted molar refractivity (Wildman–Crippen MR) is 268 cm³/mol. The van der Waals surface area contributed by atoms with Gasteiger partial charge >= 0.3 is 5.97 Å². The number of rotatable bonds is 46. The van der Waals surface area contributed by atoms with Gasteiger partial charge in [-0.25, -0.2) is 0 Å². The van der Waals surface area contributed by atoms with Crippen LogP contribution in [0.5, 0.6) is 0 Å². The monoisotopic (exact) mass is 866 g/mol. The summed E-state index contributed by atoms with van der Waals surface area (Å²) in [5, 5.41) is 23.7. The second-order valence-electron chi connectivity index (χ2n) is 17.7. The van der Waals surface area contributed by atoms with Gasteiger partial charge in [-0.2, -0.15) is 0 Å². The summed E-state index contributed by atoms with van der Waals surface area (Å²) in [5.74, 6) is -0.527. The van der Waals surface area contributed by atoms with E-state index in [2.05, 4.69) is 62.5 Å². The van der Waals surface area contributed by atoms with E-state index in [0.717, 1.165) is 70.6 Å². The molecule has 6 heteroatoms. The summed E-state index contributed by atoms with van der Waals surface area (Å²) < 4.78 is 5.92. The summed E-state index contributed by atoms with van der Waals surface area (Å²) >= 11 is 0. The maximum absolute atomic E-state index is 13.2. The first-order valence-corrected chi connectivity index (χ1v) is 26.2. The molecule has 0 aromatic rings. The van der Waals surface area contributed by atoms with Crippen LogP contribution in [0.2, 0.25) is 0 Å². The minimum Gasteiger partial charge on any atom is -0.462 e. The Hall–Kier alpha value is -2.70. The van der Waals surface area contributed by atoms with Crippen LogP contribution in [0.4, 0.5) is 0 Å². The van der Waals surface area contributed by atoms with E-state index in [4.69, 9.17) is 4.74 Å². The quantitative estimate of drug-likeness (QED) is 0.0245. The van der Waals surface area contributed by atoms with Crippen molar-refractivity contribution < 1.29 is 24.5 Å². The summed E-state index contributed by atoms with van der Waals surface area (Å²) in [6.45, 7) is 6.32. The van der Waals surface area contributed by atoms with Gasteiger partial charge in [0.05, 0.1) is 25.2 Å². The van der Waals surface area contributed by atoms with Gasteiger partial charge in [-0.3, -0.25) is 9.59 Å². The highest BCUT2D eigenvalue weighted by atomic mass is 16.5. The van der Waals surface area contributed by atoms with Gasteiger partial charge in [0.1, 0.15) is 6.10 Å². The lowest BCUT2D eigenvalue weighted by Crippen LogP contribution is -2.46. The number of carbonyl (C=O) groups is 2. The third-order valence-electron chi connectivity index (χ3n) is 11.6. The van der Waals surface area contributed by atoms with E-state index in [0.29, 0.717) is 19.3 Å². The van der Waals surface area contributed by atoms with Crippen LogP contribution in [0.25, 0.3) is 0 Å². The number of hydrogen-bond acceptors (Lipinski definition) is 5. The van der Waals surface area contributed by atoms with Gasteiger partial charge in [-0.1, -0.05) is 235 Å². The van der Waals surface area contributed by atoms with E-state index in [-0.39, 0.29) is 24.9 Å². The molecule has 0 saturated heterocycles. The van der Waals surface area contributed by atoms with Crippen molar-refractivity contribution in [3.05, 3.63) is 72.9 Å². The molecule has 0 heterocycles. The Morgan fingerprint density at radius 1 is 0.484 bits per heavy atom. The van der Waals surface area contributed by atoms with Crippen molar-refractivity contribution in [3.63, 3.8) is 0 Å². The molecule has 3 N–H and O–H groups in total. The van der Waals surface area contributed by atoms with Gasteiger partial charge in [-0.15, -0.1) is 0 Å². The molecule has 0 bridgehead atoms. The molecule has 3 unspecified atom stereocenters. The maximum Gasteiger partial charge on any atom is 0.306 e. The Balaban J connectivity index is 4.68. The van der Waals surface area contributed by atoms with E-state index >= 15 is 0 Å². The van der Waals surface area contributed by atoms with Crippen LogP contribution in [0.15, 0.2) is 72.9 Å². The lowest BCUT2D eigenvalue weighted by atomic mass is 10.0. The number of aliphatic hydroxyl groups is 2. The summed E-state index contributed by atoms with van der Waals surface area (Å²) in [5.41, 5.74) is 0. The standard InChI is InChI=1S/C56H99NO5/c1-4-7-10-13-16-19-22-24-26-27-29-30-33-35-38-41-44-47-52(62-56(61)49-46-43-40-37-34-31-28-25-23-20-17-14-11-8-5-2)50-55(60)57-53(51-58)54(59)48-45-42-39-36-32-21-18-15-12-9-6-3/h8,11,14,17,20,23-26,28,31,34,52-54,58-59H,4-7,9-10,12-13,15-16,18-19,21-22,27,29-30,32-33,35-51H2,1-3H3,(H,57,60)/b11-8+,17-14+,23-20-,26-24+,28-25-,34-31+. The Morgan fingerprint density at radius 2 is 0.887 bits per heavy atom. The van der Waals surface area contributed by atoms with E-state index < -0.39 is 18.2 Å². The molecule has 0 aliphatic heterocycles. The van der Waals surface area contributed by atoms with Crippen LogP contribution >= 0.6 is 0 Å². The molecule has 0 rings (SSSR count). The third kappa shape index (κ3) is 43.9. The molecule has 0 radical (unpaired) electrons. The van der Waals surface area contributed by atoms with Crippen LogP contribution in [-0.4, -0.2) is 46.9 Å². The normalized spacial score (nSPS) is 13.8. The molecule has 0 aliphatic carbocycles. The highest BCUT2D eigenvalue weighted by Crippen LogP contribution is 2.18. The van der Waals surface area contributed by atoms with Gasteiger partial charge in [0.2, 0.25) is 5.91 Å². The van der Waals surface area contributed by atoms with Gasteiger partial charge in [0, 0.05) is 6.42 Å². The van der Waals surface area contributed by atoms with E-state index in [1.807, 2.05) is 36.5 Å². The Bertz CT molecular complexity index is 1150. The third-order valence-corrected chi connectivity index (χ3v) is 11.6. The smallest absolute Gasteiger partial charge is 0.306 e. The average molecular weight is 866 g/mol. The van der Waals surface area contributed by atoms with Crippen molar-refractivity contribution in [2.75, 3.05) is 6.61 Å². The van der Waals surface area contributed by atoms with Crippen molar-refractivity contribution in [2.24, 2.45) is 0 Å². The molecule has 0 aliphatic rings. The first-order chi connectivity index (χ1) is 30.5. The lowest BCUT2D eigenvalue weighted by Gasteiger charge is -2.24. The molecule has 62 heavy (non-hydrogen) atoms. The van der Waals surface area contributed by atoms with Gasteiger partial charge in [0.15, 0.2) is 0 Å². The molecule has 0 fully saturated rings. The molecular formula is C56H99NO5. The van der Waals surface area contributed by atoms with E-state index in [1.54, 1.807) is 0 Å². The Kier molecular flexibility index (Phi) is 47.2. The predicted octanol–water partition coefficient (Wildman–Crippen LogP) is 15.8. The number of ether oxygens (including phenoxy) is 1. The van der Waals surface area contributed by atoms with Crippen LogP contribution < -0.4 is 5.32 Å². The van der Waals surface area contributed by atoms with Crippen molar-refractivity contribution in [1.29, 1.82) is 0 Å². The number of hydrogen-bond donors (Lipinski definition) is 3. The minimum absolute atomic E-state index is 0.0550. The molecule has 0 aromatic carbocycles. The molecule has 6 nitrogen and oxygen atoms in total. The number of carbonyl (C=O) groups excluding carboxylic acids is 2. The topological polar surface area (TPSA) is 95.9 Å². The summed E-state index contributed by atoms with van der Waals surface area (Å²) in [7, 11) is 0. The number of amides is 1. The maximum atomic E-state index is 13.2. The zero-order valence-electron chi connectivity index (χ0n) is 40.7. The van der Waals surface area contributed by atoms with Crippen molar-refractivity contribution >= 4 is 11.9 Å². The molecule has 358 valence electrons. The largest absolute Gasteiger partial charge is 0.462 e. The van der Waals surface area contributed by atoms with Crippen LogP contribution in [0.1, 0.15) is 245 Å². The summed E-state index contributed by atoms with van der Waals surface area (Å²) in [6, 6.07) is -0.714. The molecule has 0 spiro atoms. The van der Waals surface area contributed by atoms with Gasteiger partial charge in [-0.05, 0) is 70.6 Å². The lowest BCUT2D eigenvalue weighted by molar-refractivity contribution is -0.151. The Morgan fingerprint density at radius 3 is 1.37 bits per heavy atom. The van der Waals surface area contributed by atoms with Crippen LogP contribution in [0.3, 0.4) is 0 Å². The fourth-order valence-corrected chi connectivity index (χ4v) is 7.68. The fraction of sp³-hybridized carbons (Fsp3) is 0.750. The minimum atomic E-state index is -0.798. The van der Waals surface area contributed by atoms with Crippen LogP contribution in [0, 0.1) is 0 Å². The molecule has 1 amide bonds. The average Bonchev–Trinajstić information content (AvgIpc) is 3.26. The molecule has 3 atom stereocenters. The highest BCUT2D eigenvalue weighted by molar-refractivity contribution is 5.77. The molecule has 0 aromatic heterocycles. The van der Waals surface area contributed by atoms with Crippen molar-refractivity contribution in [2.45, 2.75) is 264 Å². The molecule has 0 saturated carbocycles. The van der Waals surface area contributed by atoms with Crippen molar-refractivity contribution in [3.8, 4) is 0 Å². The fourth-order valence-electron chi connectivity index (χ4n) is 7.68. The first kappa shape index (κ1) is 59.3. The van der Waals surface area contributed by atoms with Crippen molar-refractivity contribution in [1.82, 2.24) is 5.32 Å². The number of nitrogens with one attached hydrogen (secondary N) is 1.